The van der Waals surface area contributed by atoms with Gasteiger partial charge in [-0.25, -0.2) is 9.59 Å². The van der Waals surface area contributed by atoms with E-state index in [4.69, 9.17) is 9.15 Å². The van der Waals surface area contributed by atoms with Crippen molar-refractivity contribution in [2.24, 2.45) is 7.05 Å². The molecule has 0 saturated carbocycles. The van der Waals surface area contributed by atoms with Crippen molar-refractivity contribution in [2.45, 2.75) is 18.1 Å². The predicted molar refractivity (Wildman–Crippen MR) is 123 cm³/mol. The van der Waals surface area contributed by atoms with Gasteiger partial charge in [-0.05, 0) is 31.2 Å². The Bertz CT molecular complexity index is 1500. The zero-order valence-corrected chi connectivity index (χ0v) is 19.1. The van der Waals surface area contributed by atoms with E-state index in [0.717, 1.165) is 0 Å². The SMILES string of the molecule is CCOC(=O)C1=C(CSc2nnc3n(C)c(=O)c4ccccc4n23)NC(=O)NC1c1ccco1. The maximum absolute atomic E-state index is 12.9. The van der Waals surface area contributed by atoms with Gasteiger partial charge in [0.25, 0.3) is 5.56 Å². The highest BCUT2D eigenvalue weighted by Crippen LogP contribution is 2.31. The van der Waals surface area contributed by atoms with Crippen molar-refractivity contribution in [1.82, 2.24) is 29.8 Å². The van der Waals surface area contributed by atoms with E-state index in [-0.39, 0.29) is 23.5 Å². The molecule has 1 atom stereocenters. The van der Waals surface area contributed by atoms with Gasteiger partial charge in [-0.3, -0.25) is 13.8 Å². The molecular weight excluding hydrogens is 460 g/mol. The Labute approximate surface area is 196 Å². The van der Waals surface area contributed by atoms with Crippen LogP contribution in [0.3, 0.4) is 0 Å². The summed E-state index contributed by atoms with van der Waals surface area (Å²) in [6.07, 6.45) is 1.47. The standard InChI is InChI=1S/C22H20N6O5S/c1-3-32-19(30)16-13(23-20(31)24-17(16)15-9-6-10-33-15)11-34-22-26-25-21-27(2)18(29)12-7-4-5-8-14(12)28(21)22/h4-10,17H,3,11H2,1-2H3,(H2,23,24,31). The normalized spacial score (nSPS) is 16.1. The van der Waals surface area contributed by atoms with Crippen LogP contribution in [0.5, 0.6) is 0 Å². The van der Waals surface area contributed by atoms with Gasteiger partial charge in [-0.15, -0.1) is 10.2 Å². The number of fused-ring (bicyclic) bond motifs is 3. The van der Waals surface area contributed by atoms with Crippen LogP contribution in [0.1, 0.15) is 18.7 Å². The number of nitrogens with one attached hydrogen (secondary N) is 2. The molecule has 4 heterocycles. The number of esters is 1. The lowest BCUT2D eigenvalue weighted by atomic mass is 10.0. The third-order valence-corrected chi connectivity index (χ3v) is 6.37. The number of ether oxygens (including phenoxy) is 1. The van der Waals surface area contributed by atoms with Crippen LogP contribution in [-0.2, 0) is 16.6 Å². The Morgan fingerprint density at radius 2 is 2.03 bits per heavy atom. The first-order chi connectivity index (χ1) is 16.5. The van der Waals surface area contributed by atoms with Crippen LogP contribution in [-0.4, -0.2) is 43.5 Å². The Kier molecular flexibility index (Phi) is 5.57. The molecule has 12 heteroatoms. The van der Waals surface area contributed by atoms with Crippen molar-refractivity contribution >= 4 is 40.4 Å². The first kappa shape index (κ1) is 21.8. The van der Waals surface area contributed by atoms with Crippen molar-refractivity contribution in [3.05, 3.63) is 70.0 Å². The second kappa shape index (κ2) is 8.71. The molecule has 0 spiro atoms. The maximum atomic E-state index is 12.9. The molecule has 174 valence electrons. The molecule has 5 rings (SSSR count). The lowest BCUT2D eigenvalue weighted by Crippen LogP contribution is -2.46. The number of furan rings is 1. The topological polar surface area (TPSA) is 133 Å². The van der Waals surface area contributed by atoms with Gasteiger partial charge in [0.2, 0.25) is 5.78 Å². The molecule has 0 fully saturated rings. The summed E-state index contributed by atoms with van der Waals surface area (Å²) in [5.74, 6) is 0.422. The van der Waals surface area contributed by atoms with Crippen molar-refractivity contribution in [3.63, 3.8) is 0 Å². The monoisotopic (exact) mass is 480 g/mol. The molecular formula is C22H20N6O5S. The van der Waals surface area contributed by atoms with E-state index in [9.17, 15) is 14.4 Å². The number of para-hydroxylation sites is 1. The number of aromatic nitrogens is 4. The van der Waals surface area contributed by atoms with Crippen LogP contribution in [0, 0.1) is 0 Å². The van der Waals surface area contributed by atoms with E-state index < -0.39 is 18.0 Å². The molecule has 0 aliphatic carbocycles. The Balaban J connectivity index is 1.58. The molecule has 11 nitrogen and oxygen atoms in total. The van der Waals surface area contributed by atoms with Gasteiger partial charge in [0.05, 0.1) is 29.3 Å². The van der Waals surface area contributed by atoms with E-state index in [1.807, 2.05) is 12.1 Å². The summed E-state index contributed by atoms with van der Waals surface area (Å²) in [6, 6.07) is 9.28. The van der Waals surface area contributed by atoms with E-state index in [1.165, 1.54) is 22.6 Å². The molecule has 2 amide bonds. The number of thioether (sulfide) groups is 1. The first-order valence-electron chi connectivity index (χ1n) is 10.5. The second-order valence-corrected chi connectivity index (χ2v) is 8.39. The highest BCUT2D eigenvalue weighted by atomic mass is 32.2. The van der Waals surface area contributed by atoms with Gasteiger partial charge in [-0.2, -0.15) is 0 Å². The summed E-state index contributed by atoms with van der Waals surface area (Å²) >= 11 is 1.27. The van der Waals surface area contributed by atoms with Crippen molar-refractivity contribution < 1.29 is 18.7 Å². The summed E-state index contributed by atoms with van der Waals surface area (Å²) in [7, 11) is 1.63. The fraction of sp³-hybridized carbons (Fsp3) is 0.227. The number of nitrogens with zero attached hydrogens (tertiary/aromatic N) is 4. The molecule has 1 aromatic carbocycles. The molecule has 1 unspecified atom stereocenters. The van der Waals surface area contributed by atoms with Crippen LogP contribution in [0.4, 0.5) is 4.79 Å². The summed E-state index contributed by atoms with van der Waals surface area (Å²) in [5, 5.41) is 14.9. The zero-order chi connectivity index (χ0) is 23.8. The number of urea groups is 1. The van der Waals surface area contributed by atoms with Crippen LogP contribution in [0.15, 0.2) is 68.3 Å². The van der Waals surface area contributed by atoms with E-state index in [2.05, 4.69) is 20.8 Å². The summed E-state index contributed by atoms with van der Waals surface area (Å²) in [4.78, 5) is 37.9. The molecule has 1 aliphatic rings. The lowest BCUT2D eigenvalue weighted by Gasteiger charge is -2.27. The fourth-order valence-electron chi connectivity index (χ4n) is 3.89. The van der Waals surface area contributed by atoms with Gasteiger partial charge in [0.1, 0.15) is 11.8 Å². The van der Waals surface area contributed by atoms with E-state index >= 15 is 0 Å². The lowest BCUT2D eigenvalue weighted by molar-refractivity contribution is -0.139. The molecule has 34 heavy (non-hydrogen) atoms. The molecule has 0 bridgehead atoms. The molecule has 4 aromatic rings. The van der Waals surface area contributed by atoms with Crippen molar-refractivity contribution in [1.29, 1.82) is 0 Å². The number of rotatable bonds is 6. The molecule has 1 aliphatic heterocycles. The molecule has 3 aromatic heterocycles. The maximum Gasteiger partial charge on any atom is 0.338 e. The van der Waals surface area contributed by atoms with Gasteiger partial charge in [0, 0.05) is 18.5 Å². The minimum absolute atomic E-state index is 0.175. The van der Waals surface area contributed by atoms with E-state index in [0.29, 0.717) is 33.3 Å². The number of aryl methyl sites for hydroxylation is 1. The third kappa shape index (κ3) is 3.61. The smallest absolute Gasteiger partial charge is 0.338 e. The van der Waals surface area contributed by atoms with Crippen LogP contribution in [0.2, 0.25) is 0 Å². The van der Waals surface area contributed by atoms with Crippen LogP contribution in [0.25, 0.3) is 16.7 Å². The molecule has 0 saturated heterocycles. The van der Waals surface area contributed by atoms with Gasteiger partial charge >= 0.3 is 12.0 Å². The summed E-state index contributed by atoms with van der Waals surface area (Å²) < 4.78 is 13.9. The molecule has 0 radical (unpaired) electrons. The average molecular weight is 481 g/mol. The minimum Gasteiger partial charge on any atom is -0.467 e. The highest BCUT2D eigenvalue weighted by Gasteiger charge is 2.35. The Morgan fingerprint density at radius 3 is 2.79 bits per heavy atom. The second-order valence-electron chi connectivity index (χ2n) is 7.45. The Hall–Kier alpha value is -4.06. The minimum atomic E-state index is -0.796. The zero-order valence-electron chi connectivity index (χ0n) is 18.3. The van der Waals surface area contributed by atoms with Crippen molar-refractivity contribution in [3.8, 4) is 0 Å². The molecule has 2 N–H and O–H groups in total. The number of hydrogen-bond donors (Lipinski definition) is 2. The summed E-state index contributed by atoms with van der Waals surface area (Å²) in [5.41, 5.74) is 1.11. The predicted octanol–water partition coefficient (Wildman–Crippen LogP) is 2.14. The summed E-state index contributed by atoms with van der Waals surface area (Å²) in [6.45, 7) is 1.89. The number of benzene rings is 1. The largest absolute Gasteiger partial charge is 0.467 e. The third-order valence-electron chi connectivity index (χ3n) is 5.42. The van der Waals surface area contributed by atoms with Gasteiger partial charge in [0.15, 0.2) is 5.16 Å². The number of amides is 2. The Morgan fingerprint density at radius 1 is 1.21 bits per heavy atom. The highest BCUT2D eigenvalue weighted by molar-refractivity contribution is 7.99. The fourth-order valence-corrected chi connectivity index (χ4v) is 4.80. The first-order valence-corrected chi connectivity index (χ1v) is 11.4. The van der Waals surface area contributed by atoms with Gasteiger partial charge in [-0.1, -0.05) is 23.9 Å². The van der Waals surface area contributed by atoms with Crippen molar-refractivity contribution in [2.75, 3.05) is 12.4 Å². The average Bonchev–Trinajstić information content (AvgIpc) is 3.51. The number of carbonyl (C=O) groups excluding carboxylic acids is 2. The number of carbonyl (C=O) groups is 2. The van der Waals surface area contributed by atoms with Crippen LogP contribution >= 0.6 is 11.8 Å². The van der Waals surface area contributed by atoms with Gasteiger partial charge < -0.3 is 19.8 Å². The number of hydrogen-bond acceptors (Lipinski definition) is 8. The van der Waals surface area contributed by atoms with E-state index in [1.54, 1.807) is 42.6 Å². The quantitative estimate of drug-likeness (QED) is 0.317. The van der Waals surface area contributed by atoms with Crippen LogP contribution < -0.4 is 16.2 Å².